The van der Waals surface area contributed by atoms with Crippen LogP contribution in [0.4, 0.5) is 0 Å². The van der Waals surface area contributed by atoms with E-state index in [4.69, 9.17) is 4.74 Å². The summed E-state index contributed by atoms with van der Waals surface area (Å²) < 4.78 is 5.77. The third-order valence-electron chi connectivity index (χ3n) is 4.35. The SMILES string of the molecule is CN(CCCC(C)(C#N)NC1CC1)CC1CCCCO1. The predicted molar refractivity (Wildman–Crippen MR) is 80.5 cm³/mol. The van der Waals surface area contributed by atoms with E-state index in [1.807, 2.05) is 6.92 Å². The van der Waals surface area contributed by atoms with Crippen molar-refractivity contribution < 1.29 is 4.74 Å². The molecule has 0 radical (unpaired) electrons. The Morgan fingerprint density at radius 2 is 2.15 bits per heavy atom. The second kappa shape index (κ2) is 7.40. The third kappa shape index (κ3) is 5.40. The molecule has 2 fully saturated rings. The van der Waals surface area contributed by atoms with Crippen LogP contribution in [0, 0.1) is 11.3 Å². The van der Waals surface area contributed by atoms with Gasteiger partial charge in [0.1, 0.15) is 5.54 Å². The lowest BCUT2D eigenvalue weighted by Gasteiger charge is -2.28. The first-order valence-electron chi connectivity index (χ1n) is 8.10. The van der Waals surface area contributed by atoms with Gasteiger partial charge in [0.25, 0.3) is 0 Å². The van der Waals surface area contributed by atoms with Crippen molar-refractivity contribution >= 4 is 0 Å². The summed E-state index contributed by atoms with van der Waals surface area (Å²) in [5.74, 6) is 0. The van der Waals surface area contributed by atoms with Crippen molar-refractivity contribution in [1.82, 2.24) is 10.2 Å². The summed E-state index contributed by atoms with van der Waals surface area (Å²) in [7, 11) is 2.16. The van der Waals surface area contributed by atoms with E-state index < -0.39 is 0 Å². The molecule has 4 heteroatoms. The van der Waals surface area contributed by atoms with Gasteiger partial charge >= 0.3 is 0 Å². The molecule has 1 saturated carbocycles. The number of hydrogen-bond donors (Lipinski definition) is 1. The minimum absolute atomic E-state index is 0.344. The maximum atomic E-state index is 9.34. The molecule has 2 unspecified atom stereocenters. The minimum atomic E-state index is -0.344. The molecular formula is C16H29N3O. The Morgan fingerprint density at radius 1 is 1.35 bits per heavy atom. The predicted octanol–water partition coefficient (Wildman–Crippen LogP) is 2.30. The molecule has 2 aliphatic rings. The second-order valence-corrected chi connectivity index (χ2v) is 6.72. The van der Waals surface area contributed by atoms with Gasteiger partial charge in [0.15, 0.2) is 0 Å². The molecule has 20 heavy (non-hydrogen) atoms. The highest BCUT2D eigenvalue weighted by Crippen LogP contribution is 2.24. The Morgan fingerprint density at radius 3 is 2.75 bits per heavy atom. The fraction of sp³-hybridized carbons (Fsp3) is 0.938. The maximum Gasteiger partial charge on any atom is 0.104 e. The molecule has 0 amide bonds. The van der Waals surface area contributed by atoms with Crippen LogP contribution in [-0.4, -0.2) is 49.3 Å². The van der Waals surface area contributed by atoms with Crippen LogP contribution >= 0.6 is 0 Å². The van der Waals surface area contributed by atoms with Crippen molar-refractivity contribution in [2.24, 2.45) is 0 Å². The highest BCUT2D eigenvalue weighted by atomic mass is 16.5. The fourth-order valence-corrected chi connectivity index (χ4v) is 2.93. The molecule has 0 aromatic rings. The summed E-state index contributed by atoms with van der Waals surface area (Å²) in [6.45, 7) is 5.04. The molecular weight excluding hydrogens is 250 g/mol. The Balaban J connectivity index is 1.62. The van der Waals surface area contributed by atoms with Crippen LogP contribution in [0.15, 0.2) is 0 Å². The lowest BCUT2D eigenvalue weighted by Crippen LogP contribution is -2.43. The number of nitriles is 1. The van der Waals surface area contributed by atoms with Gasteiger partial charge in [-0.15, -0.1) is 0 Å². The summed E-state index contributed by atoms with van der Waals surface area (Å²) in [6.07, 6.45) is 8.59. The Kier molecular flexibility index (Phi) is 5.83. The van der Waals surface area contributed by atoms with Gasteiger partial charge in [0, 0.05) is 19.2 Å². The Bertz CT molecular complexity index is 331. The molecule has 4 nitrogen and oxygen atoms in total. The van der Waals surface area contributed by atoms with Crippen LogP contribution in [0.1, 0.15) is 51.9 Å². The van der Waals surface area contributed by atoms with E-state index in [1.54, 1.807) is 0 Å². The number of likely N-dealkylation sites (N-methyl/N-ethyl adjacent to an activating group) is 1. The van der Waals surface area contributed by atoms with Crippen LogP contribution in [0.5, 0.6) is 0 Å². The Hall–Kier alpha value is -0.630. The van der Waals surface area contributed by atoms with Crippen LogP contribution < -0.4 is 5.32 Å². The third-order valence-corrected chi connectivity index (χ3v) is 4.35. The van der Waals surface area contributed by atoms with E-state index in [0.717, 1.165) is 32.5 Å². The number of ether oxygens (including phenoxy) is 1. The van der Waals surface area contributed by atoms with E-state index in [1.165, 1.54) is 32.1 Å². The van der Waals surface area contributed by atoms with Gasteiger partial charge in [-0.1, -0.05) is 0 Å². The highest BCUT2D eigenvalue weighted by molar-refractivity contribution is 5.07. The van der Waals surface area contributed by atoms with Gasteiger partial charge in [0.2, 0.25) is 0 Å². The molecule has 2 atom stereocenters. The second-order valence-electron chi connectivity index (χ2n) is 6.72. The minimum Gasteiger partial charge on any atom is -0.377 e. The van der Waals surface area contributed by atoms with E-state index in [9.17, 15) is 5.26 Å². The average Bonchev–Trinajstić information content (AvgIpc) is 3.23. The van der Waals surface area contributed by atoms with Crippen LogP contribution in [0.2, 0.25) is 0 Å². The number of hydrogen-bond acceptors (Lipinski definition) is 4. The highest BCUT2D eigenvalue weighted by Gasteiger charge is 2.32. The first kappa shape index (κ1) is 15.8. The summed E-state index contributed by atoms with van der Waals surface area (Å²) in [5.41, 5.74) is -0.344. The molecule has 0 aromatic carbocycles. The van der Waals surface area contributed by atoms with Gasteiger partial charge in [-0.05, 0) is 65.5 Å². The average molecular weight is 279 g/mol. The topological polar surface area (TPSA) is 48.3 Å². The Labute approximate surface area is 123 Å². The summed E-state index contributed by atoms with van der Waals surface area (Å²) in [6, 6.07) is 3.04. The van der Waals surface area contributed by atoms with E-state index in [-0.39, 0.29) is 5.54 Å². The largest absolute Gasteiger partial charge is 0.377 e. The van der Waals surface area contributed by atoms with Crippen LogP contribution in [0.25, 0.3) is 0 Å². The van der Waals surface area contributed by atoms with Crippen molar-refractivity contribution in [3.63, 3.8) is 0 Å². The van der Waals surface area contributed by atoms with E-state index in [0.29, 0.717) is 12.1 Å². The number of rotatable bonds is 8. The molecule has 1 saturated heterocycles. The van der Waals surface area contributed by atoms with Gasteiger partial charge < -0.3 is 9.64 Å². The lowest BCUT2D eigenvalue weighted by molar-refractivity contribution is -0.00172. The molecule has 0 aromatic heterocycles. The van der Waals surface area contributed by atoms with Crippen molar-refractivity contribution in [2.45, 2.75) is 69.6 Å². The zero-order chi connectivity index (χ0) is 14.4. The molecule has 1 N–H and O–H groups in total. The van der Waals surface area contributed by atoms with E-state index >= 15 is 0 Å². The van der Waals surface area contributed by atoms with Crippen molar-refractivity contribution in [3.05, 3.63) is 0 Å². The van der Waals surface area contributed by atoms with Crippen molar-refractivity contribution in [3.8, 4) is 6.07 Å². The quantitative estimate of drug-likeness (QED) is 0.740. The van der Waals surface area contributed by atoms with Gasteiger partial charge in [-0.25, -0.2) is 0 Å². The zero-order valence-electron chi connectivity index (χ0n) is 13.0. The molecule has 1 aliphatic heterocycles. The molecule has 1 aliphatic carbocycles. The van der Waals surface area contributed by atoms with Crippen LogP contribution in [-0.2, 0) is 4.74 Å². The normalized spacial score (nSPS) is 26.2. The fourth-order valence-electron chi connectivity index (χ4n) is 2.93. The monoisotopic (exact) mass is 279 g/mol. The van der Waals surface area contributed by atoms with Crippen LogP contribution in [0.3, 0.4) is 0 Å². The summed E-state index contributed by atoms with van der Waals surface area (Å²) in [5, 5.41) is 12.8. The van der Waals surface area contributed by atoms with Crippen molar-refractivity contribution in [1.29, 1.82) is 5.26 Å². The molecule has 2 rings (SSSR count). The molecule has 114 valence electrons. The van der Waals surface area contributed by atoms with E-state index in [2.05, 4.69) is 23.3 Å². The summed E-state index contributed by atoms with van der Waals surface area (Å²) in [4.78, 5) is 2.35. The zero-order valence-corrected chi connectivity index (χ0v) is 13.0. The smallest absolute Gasteiger partial charge is 0.104 e. The first-order chi connectivity index (χ1) is 9.61. The molecule has 0 bridgehead atoms. The van der Waals surface area contributed by atoms with Gasteiger partial charge in [0.05, 0.1) is 12.2 Å². The van der Waals surface area contributed by atoms with Gasteiger partial charge in [-0.3, -0.25) is 5.32 Å². The molecule has 0 spiro atoms. The number of nitrogens with zero attached hydrogens (tertiary/aromatic N) is 2. The summed E-state index contributed by atoms with van der Waals surface area (Å²) >= 11 is 0. The molecule has 1 heterocycles. The van der Waals surface area contributed by atoms with Crippen molar-refractivity contribution in [2.75, 3.05) is 26.7 Å². The standard InChI is InChI=1S/C16H29N3O/c1-16(13-17,18-14-7-8-14)9-5-10-19(2)12-15-6-3-4-11-20-15/h14-15,18H,3-12H2,1-2H3. The number of nitrogens with one attached hydrogen (secondary N) is 1. The lowest BCUT2D eigenvalue weighted by atomic mass is 9.97. The maximum absolute atomic E-state index is 9.34. The first-order valence-corrected chi connectivity index (χ1v) is 8.10. The van der Waals surface area contributed by atoms with Gasteiger partial charge in [-0.2, -0.15) is 5.26 Å².